The van der Waals surface area contributed by atoms with E-state index in [1.54, 1.807) is 21.0 Å². The highest BCUT2D eigenvalue weighted by molar-refractivity contribution is 6.39. The van der Waals surface area contributed by atoms with E-state index in [0.29, 0.717) is 56.9 Å². The first-order valence-electron chi connectivity index (χ1n) is 20.8. The van der Waals surface area contributed by atoms with Crippen LogP contribution in [0.3, 0.4) is 0 Å². The van der Waals surface area contributed by atoms with Crippen molar-refractivity contribution in [3.8, 4) is 0 Å². The number of carbonyl (C=O) groups excluding carboxylic acids is 4. The van der Waals surface area contributed by atoms with Crippen LogP contribution < -0.4 is 0 Å². The number of aliphatic hydroxyl groups excluding tert-OH is 2. The van der Waals surface area contributed by atoms with E-state index >= 15 is 0 Å². The van der Waals surface area contributed by atoms with Crippen molar-refractivity contribution in [1.82, 2.24) is 4.90 Å². The molecule has 0 unspecified atom stereocenters. The summed E-state index contributed by atoms with van der Waals surface area (Å²) in [6, 6.07) is -1.13. The van der Waals surface area contributed by atoms with E-state index in [4.69, 9.17) is 23.7 Å². The zero-order valence-corrected chi connectivity index (χ0v) is 35.1. The standard InChI is InChI=1S/C43H69NO12/c1-10-30-18-24(2)17-25(3)19-36(53-8)39-37(54-9)21-27(5)43(51,56-39)40(48)41(49)44-16-12-11-13-31(44)42(50)55-38(28(6)33(46)23-34(30)47)26(4)20-29-14-15-32(45)35(22-29)52-7/h18,20,25,27-33,35-39,45-46,51H,10-17,19,21-23H2,1-9H3/b24-18+,26-20+/t25-,27+,28+,29-,30+,31-,32+,33-,35+,36-,37-,38+,39+,43+/m1/s1. The summed E-state index contributed by atoms with van der Waals surface area (Å²) in [5, 5.41) is 34.1. The summed E-state index contributed by atoms with van der Waals surface area (Å²) < 4.78 is 29.7. The lowest BCUT2D eigenvalue weighted by Crippen LogP contribution is -2.64. The highest BCUT2D eigenvalue weighted by atomic mass is 16.7. The lowest BCUT2D eigenvalue weighted by Gasteiger charge is -2.47. The average Bonchev–Trinajstić information content (AvgIpc) is 3.18. The molecule has 14 atom stereocenters. The van der Waals surface area contributed by atoms with E-state index in [9.17, 15) is 34.5 Å². The predicted octanol–water partition coefficient (Wildman–Crippen LogP) is 4.47. The summed E-state index contributed by atoms with van der Waals surface area (Å²) in [5.74, 6) is -7.50. The summed E-state index contributed by atoms with van der Waals surface area (Å²) in [4.78, 5) is 57.6. The molecule has 13 heteroatoms. The molecule has 3 aliphatic heterocycles. The molecule has 1 aliphatic carbocycles. The molecule has 0 aromatic rings. The van der Waals surface area contributed by atoms with E-state index in [1.165, 1.54) is 19.1 Å². The molecule has 0 radical (unpaired) electrons. The van der Waals surface area contributed by atoms with Crippen molar-refractivity contribution in [3.63, 3.8) is 0 Å². The molecular formula is C43H69NO12. The van der Waals surface area contributed by atoms with Gasteiger partial charge in [0.05, 0.1) is 30.5 Å². The average molecular weight is 792 g/mol. The molecule has 4 rings (SSSR count). The maximum absolute atomic E-state index is 14.3. The van der Waals surface area contributed by atoms with Gasteiger partial charge in [-0.2, -0.15) is 0 Å². The Kier molecular flexibility index (Phi) is 16.9. The largest absolute Gasteiger partial charge is 0.456 e. The molecule has 4 aliphatic rings. The number of piperidine rings is 1. The fourth-order valence-corrected chi connectivity index (χ4v) is 9.39. The summed E-state index contributed by atoms with van der Waals surface area (Å²) >= 11 is 0. The van der Waals surface area contributed by atoms with Gasteiger partial charge in [-0.3, -0.25) is 14.4 Å². The highest BCUT2D eigenvalue weighted by Crippen LogP contribution is 2.39. The van der Waals surface area contributed by atoms with Gasteiger partial charge in [0.25, 0.3) is 11.7 Å². The second-order valence-electron chi connectivity index (χ2n) is 17.2. The molecule has 1 amide bonds. The number of carbonyl (C=O) groups is 4. The molecule has 13 nitrogen and oxygen atoms in total. The molecule has 2 bridgehead atoms. The molecular weight excluding hydrogens is 722 g/mol. The van der Waals surface area contributed by atoms with Crippen molar-refractivity contribution >= 4 is 23.4 Å². The van der Waals surface area contributed by atoms with E-state index in [1.807, 2.05) is 32.9 Å². The van der Waals surface area contributed by atoms with Gasteiger partial charge in [-0.1, -0.05) is 45.4 Å². The van der Waals surface area contributed by atoms with Crippen molar-refractivity contribution in [3.05, 3.63) is 23.3 Å². The van der Waals surface area contributed by atoms with Gasteiger partial charge in [0.2, 0.25) is 5.79 Å². The number of ether oxygens (including phenoxy) is 5. The minimum absolute atomic E-state index is 0.000914. The Hall–Kier alpha value is -2.52. The molecule has 0 aromatic heterocycles. The molecule has 318 valence electrons. The number of Topliss-reactive ketones (excluding diaryl/α,β-unsaturated/α-hetero) is 2. The monoisotopic (exact) mass is 791 g/mol. The minimum Gasteiger partial charge on any atom is -0.456 e. The Bertz CT molecular complexity index is 1430. The Morgan fingerprint density at radius 1 is 0.911 bits per heavy atom. The highest BCUT2D eigenvalue weighted by Gasteiger charge is 2.56. The number of aliphatic hydroxyl groups is 3. The summed E-state index contributed by atoms with van der Waals surface area (Å²) in [5.41, 5.74) is 1.66. The maximum atomic E-state index is 14.3. The first kappa shape index (κ1) is 46.2. The van der Waals surface area contributed by atoms with Gasteiger partial charge in [0, 0.05) is 52.0 Å². The lowest BCUT2D eigenvalue weighted by molar-refractivity contribution is -0.302. The topological polar surface area (TPSA) is 178 Å². The fraction of sp³-hybridized carbons (Fsp3) is 0.814. The molecule has 2 saturated heterocycles. The molecule has 3 N–H and O–H groups in total. The van der Waals surface area contributed by atoms with Gasteiger partial charge in [-0.05, 0) is 95.5 Å². The van der Waals surface area contributed by atoms with Crippen molar-refractivity contribution in [1.29, 1.82) is 0 Å². The number of rotatable bonds is 6. The van der Waals surface area contributed by atoms with Crippen LogP contribution in [0.15, 0.2) is 23.3 Å². The van der Waals surface area contributed by atoms with Crippen LogP contribution in [0.1, 0.15) is 112 Å². The number of hydrogen-bond acceptors (Lipinski definition) is 12. The van der Waals surface area contributed by atoms with Crippen LogP contribution in [0.5, 0.6) is 0 Å². The smallest absolute Gasteiger partial charge is 0.329 e. The normalized spacial score (nSPS) is 41.6. The number of ketones is 2. The Morgan fingerprint density at radius 2 is 1.57 bits per heavy atom. The second-order valence-corrected chi connectivity index (χ2v) is 17.2. The van der Waals surface area contributed by atoms with Crippen molar-refractivity contribution in [2.45, 2.75) is 167 Å². The van der Waals surface area contributed by atoms with E-state index < -0.39 is 83.9 Å². The van der Waals surface area contributed by atoms with Crippen LogP contribution in [0.25, 0.3) is 0 Å². The Balaban J connectivity index is 1.76. The van der Waals surface area contributed by atoms with E-state index in [2.05, 4.69) is 6.92 Å². The van der Waals surface area contributed by atoms with Crippen LogP contribution in [0.2, 0.25) is 0 Å². The van der Waals surface area contributed by atoms with Crippen LogP contribution in [-0.2, 0) is 42.9 Å². The summed E-state index contributed by atoms with van der Waals surface area (Å²) in [6.45, 7) is 11.3. The number of fused-ring (bicyclic) bond motifs is 3. The number of cyclic esters (lactones) is 1. The predicted molar refractivity (Wildman–Crippen MR) is 208 cm³/mol. The lowest BCUT2D eigenvalue weighted by atomic mass is 9.81. The number of allylic oxidation sites excluding steroid dienone is 3. The van der Waals surface area contributed by atoms with Crippen LogP contribution in [0, 0.1) is 29.6 Å². The number of amides is 1. The maximum Gasteiger partial charge on any atom is 0.329 e. The van der Waals surface area contributed by atoms with E-state index in [-0.39, 0.29) is 49.5 Å². The molecule has 3 fully saturated rings. The number of esters is 1. The zero-order chi connectivity index (χ0) is 41.5. The summed E-state index contributed by atoms with van der Waals surface area (Å²) in [6.07, 6.45) is 3.72. The van der Waals surface area contributed by atoms with Gasteiger partial charge in [0.15, 0.2) is 0 Å². The minimum atomic E-state index is -2.50. The van der Waals surface area contributed by atoms with Crippen LogP contribution >= 0.6 is 0 Å². The van der Waals surface area contributed by atoms with E-state index in [0.717, 1.165) is 5.57 Å². The van der Waals surface area contributed by atoms with Crippen LogP contribution in [-0.4, -0.2) is 126 Å². The van der Waals surface area contributed by atoms with Crippen molar-refractivity contribution < 1.29 is 58.2 Å². The quantitative estimate of drug-likeness (QED) is 0.196. The fourth-order valence-electron chi connectivity index (χ4n) is 9.39. The first-order chi connectivity index (χ1) is 26.5. The Labute approximate surface area is 333 Å². The number of nitrogens with zero attached hydrogens (tertiary/aromatic N) is 1. The van der Waals surface area contributed by atoms with Crippen molar-refractivity contribution in [2.75, 3.05) is 27.9 Å². The number of hydrogen-bond donors (Lipinski definition) is 3. The third kappa shape index (κ3) is 10.7. The molecule has 1 saturated carbocycles. The summed E-state index contributed by atoms with van der Waals surface area (Å²) in [7, 11) is 4.63. The number of methoxy groups -OCH3 is 3. The molecule has 3 heterocycles. The molecule has 0 spiro atoms. The molecule has 0 aromatic carbocycles. The molecule has 56 heavy (non-hydrogen) atoms. The van der Waals surface area contributed by atoms with Gasteiger partial charge >= 0.3 is 5.97 Å². The van der Waals surface area contributed by atoms with Gasteiger partial charge < -0.3 is 43.9 Å². The third-order valence-electron chi connectivity index (χ3n) is 12.9. The second kappa shape index (κ2) is 20.4. The van der Waals surface area contributed by atoms with Crippen LogP contribution in [0.4, 0.5) is 0 Å². The Morgan fingerprint density at radius 3 is 2.21 bits per heavy atom. The zero-order valence-electron chi connectivity index (χ0n) is 35.1. The van der Waals surface area contributed by atoms with Gasteiger partial charge in [0.1, 0.15) is 24.0 Å². The van der Waals surface area contributed by atoms with Crippen molar-refractivity contribution in [2.24, 2.45) is 29.6 Å². The van der Waals surface area contributed by atoms with Gasteiger partial charge in [-0.15, -0.1) is 0 Å². The SMILES string of the molecule is CC[C@H]1/C=C(\C)C[C@@H](C)C[C@@H](OC)[C@@H]2O[C@](O)(C(=O)C(=O)N3CCCC[C@@H]3C(=O)O[C@@H](/C(C)=C/[C@H]3CC[C@H](O)[C@@H](OC)C3)[C@@H](C)[C@H](O)CC1=O)[C@@H](C)C[C@H]2OC. The first-order valence-corrected chi connectivity index (χ1v) is 20.8. The van der Waals surface area contributed by atoms with Gasteiger partial charge in [-0.25, -0.2) is 4.79 Å². The third-order valence-corrected chi connectivity index (χ3v) is 12.9.